The highest BCUT2D eigenvalue weighted by molar-refractivity contribution is 5.81. The minimum Gasteiger partial charge on any atom is -0.481 e. The Morgan fingerprint density at radius 3 is 2.68 bits per heavy atom. The lowest BCUT2D eigenvalue weighted by atomic mass is 10.1. The Morgan fingerprint density at radius 1 is 1.42 bits per heavy atom. The van der Waals surface area contributed by atoms with E-state index in [9.17, 15) is 4.79 Å². The molecule has 1 aromatic rings. The summed E-state index contributed by atoms with van der Waals surface area (Å²) in [7, 11) is 0. The van der Waals surface area contributed by atoms with Crippen molar-refractivity contribution in [1.29, 1.82) is 0 Å². The number of nitrogens with two attached hydrogens (primary N) is 1. The summed E-state index contributed by atoms with van der Waals surface area (Å²) in [6.07, 6.45) is 1.65. The van der Waals surface area contributed by atoms with Gasteiger partial charge in [-0.2, -0.15) is 0 Å². The normalized spacial score (nSPS) is 17.7. The smallest absolute Gasteiger partial charge is 0.260 e. The second-order valence-electron chi connectivity index (χ2n) is 5.37. The van der Waals surface area contributed by atoms with E-state index in [1.54, 1.807) is 6.92 Å². The first kappa shape index (κ1) is 13.9. The number of carbonyl (C=O) groups excluding carboxylic acids is 1. The van der Waals surface area contributed by atoms with Gasteiger partial charge in [-0.1, -0.05) is 12.1 Å². The van der Waals surface area contributed by atoms with Crippen molar-refractivity contribution in [1.82, 2.24) is 5.32 Å². The van der Waals surface area contributed by atoms with Gasteiger partial charge in [0.25, 0.3) is 5.91 Å². The van der Waals surface area contributed by atoms with Gasteiger partial charge in [0.05, 0.1) is 0 Å². The Bertz CT molecular complexity index is 467. The maximum absolute atomic E-state index is 11.9. The Morgan fingerprint density at radius 2 is 2.11 bits per heavy atom. The summed E-state index contributed by atoms with van der Waals surface area (Å²) in [5.74, 6) is 0.646. The first-order valence-electron chi connectivity index (χ1n) is 6.80. The van der Waals surface area contributed by atoms with Crippen molar-refractivity contribution in [3.63, 3.8) is 0 Å². The summed E-state index contributed by atoms with van der Waals surface area (Å²) in [5, 5.41) is 2.94. The number of rotatable bonds is 5. The van der Waals surface area contributed by atoms with E-state index in [4.69, 9.17) is 10.5 Å². The number of nitrogens with one attached hydrogen (secondary N) is 1. The van der Waals surface area contributed by atoms with Gasteiger partial charge in [0.2, 0.25) is 0 Å². The molecule has 4 heteroatoms. The lowest BCUT2D eigenvalue weighted by molar-refractivity contribution is -0.127. The third-order valence-corrected chi connectivity index (χ3v) is 3.26. The molecule has 1 aliphatic rings. The molecule has 0 radical (unpaired) electrons. The zero-order chi connectivity index (χ0) is 14.0. The van der Waals surface area contributed by atoms with E-state index < -0.39 is 6.10 Å². The third-order valence-electron chi connectivity index (χ3n) is 3.26. The van der Waals surface area contributed by atoms with E-state index >= 15 is 0 Å². The van der Waals surface area contributed by atoms with Crippen molar-refractivity contribution in [2.45, 2.75) is 51.8 Å². The maximum Gasteiger partial charge on any atom is 0.260 e. The van der Waals surface area contributed by atoms with Gasteiger partial charge >= 0.3 is 0 Å². The average Bonchev–Trinajstić information content (AvgIpc) is 3.12. The second kappa shape index (κ2) is 5.61. The SMILES string of the molecule is Cc1ccc([C@@H](C)N)c(OC(C)C(=O)NC2CC2)c1. The van der Waals surface area contributed by atoms with Gasteiger partial charge < -0.3 is 15.8 Å². The van der Waals surface area contributed by atoms with Crippen molar-refractivity contribution < 1.29 is 9.53 Å². The van der Waals surface area contributed by atoms with Crippen LogP contribution < -0.4 is 15.8 Å². The van der Waals surface area contributed by atoms with Crippen LogP contribution in [0.2, 0.25) is 0 Å². The molecule has 0 aliphatic heterocycles. The minimum absolute atomic E-state index is 0.0559. The summed E-state index contributed by atoms with van der Waals surface area (Å²) >= 11 is 0. The van der Waals surface area contributed by atoms with Crippen LogP contribution in [0.3, 0.4) is 0 Å². The van der Waals surface area contributed by atoms with Crippen molar-refractivity contribution >= 4 is 5.91 Å². The first-order chi connectivity index (χ1) is 8.97. The fourth-order valence-corrected chi connectivity index (χ4v) is 1.91. The largest absolute Gasteiger partial charge is 0.481 e. The summed E-state index contributed by atoms with van der Waals surface area (Å²) < 4.78 is 5.79. The summed E-state index contributed by atoms with van der Waals surface area (Å²) in [6.45, 7) is 5.67. The van der Waals surface area contributed by atoms with Gasteiger partial charge in [-0.15, -0.1) is 0 Å². The molecule has 2 rings (SSSR count). The van der Waals surface area contributed by atoms with Crippen molar-refractivity contribution in [2.75, 3.05) is 0 Å². The monoisotopic (exact) mass is 262 g/mol. The molecule has 19 heavy (non-hydrogen) atoms. The highest BCUT2D eigenvalue weighted by Crippen LogP contribution is 2.26. The van der Waals surface area contributed by atoms with E-state index in [1.165, 1.54) is 0 Å². The summed E-state index contributed by atoms with van der Waals surface area (Å²) in [4.78, 5) is 11.9. The van der Waals surface area contributed by atoms with Gasteiger partial charge in [0, 0.05) is 17.6 Å². The van der Waals surface area contributed by atoms with Crippen LogP contribution in [-0.4, -0.2) is 18.1 Å². The molecule has 1 fully saturated rings. The number of carbonyl (C=O) groups is 1. The van der Waals surface area contributed by atoms with Gasteiger partial charge in [0.15, 0.2) is 6.10 Å². The first-order valence-corrected chi connectivity index (χ1v) is 6.80. The molecule has 3 N–H and O–H groups in total. The van der Waals surface area contributed by atoms with Gasteiger partial charge in [-0.05, 0) is 45.2 Å². The highest BCUT2D eigenvalue weighted by Gasteiger charge is 2.26. The molecule has 0 saturated heterocycles. The van der Waals surface area contributed by atoms with Crippen LogP contribution in [0.15, 0.2) is 18.2 Å². The topological polar surface area (TPSA) is 64.3 Å². The number of benzene rings is 1. The molecule has 2 atom stereocenters. The predicted molar refractivity (Wildman–Crippen MR) is 75.0 cm³/mol. The number of hydrogen-bond acceptors (Lipinski definition) is 3. The molecule has 1 aromatic carbocycles. The summed E-state index contributed by atoms with van der Waals surface area (Å²) in [5.41, 5.74) is 7.95. The minimum atomic E-state index is -0.500. The zero-order valence-electron chi connectivity index (χ0n) is 11.8. The molecule has 1 amide bonds. The fraction of sp³-hybridized carbons (Fsp3) is 0.533. The highest BCUT2D eigenvalue weighted by atomic mass is 16.5. The van der Waals surface area contributed by atoms with E-state index in [0.717, 1.165) is 24.0 Å². The van der Waals surface area contributed by atoms with E-state index in [1.807, 2.05) is 32.0 Å². The van der Waals surface area contributed by atoms with Crippen LogP contribution in [0.25, 0.3) is 0 Å². The molecule has 4 nitrogen and oxygen atoms in total. The zero-order valence-corrected chi connectivity index (χ0v) is 11.8. The molecule has 0 heterocycles. The van der Waals surface area contributed by atoms with Gasteiger partial charge in [-0.3, -0.25) is 4.79 Å². The van der Waals surface area contributed by atoms with Crippen LogP contribution in [0.5, 0.6) is 5.75 Å². The number of ether oxygens (including phenoxy) is 1. The van der Waals surface area contributed by atoms with Crippen LogP contribution >= 0.6 is 0 Å². The Labute approximate surface area is 114 Å². The maximum atomic E-state index is 11.9. The molecule has 104 valence electrons. The standard InChI is InChI=1S/C15H22N2O2/c1-9-4-7-13(10(2)16)14(8-9)19-11(3)15(18)17-12-5-6-12/h4,7-8,10-12H,5-6,16H2,1-3H3,(H,17,18)/t10-,11?/m1/s1. The molecule has 1 aliphatic carbocycles. The third kappa shape index (κ3) is 3.70. The van der Waals surface area contributed by atoms with E-state index in [0.29, 0.717) is 11.8 Å². The van der Waals surface area contributed by atoms with E-state index in [-0.39, 0.29) is 11.9 Å². The van der Waals surface area contributed by atoms with Crippen LogP contribution in [0, 0.1) is 6.92 Å². The Balaban J connectivity index is 2.07. The molecule has 1 unspecified atom stereocenters. The van der Waals surface area contributed by atoms with Gasteiger partial charge in [-0.25, -0.2) is 0 Å². The van der Waals surface area contributed by atoms with E-state index in [2.05, 4.69) is 5.32 Å². The Hall–Kier alpha value is -1.55. The van der Waals surface area contributed by atoms with Crippen molar-refractivity contribution in [3.8, 4) is 5.75 Å². The molecule has 1 saturated carbocycles. The lowest BCUT2D eigenvalue weighted by Gasteiger charge is -2.19. The van der Waals surface area contributed by atoms with Crippen LogP contribution in [0.4, 0.5) is 0 Å². The fourth-order valence-electron chi connectivity index (χ4n) is 1.91. The lowest BCUT2D eigenvalue weighted by Crippen LogP contribution is -2.37. The van der Waals surface area contributed by atoms with Crippen molar-refractivity contribution in [2.24, 2.45) is 5.73 Å². The number of aryl methyl sites for hydroxylation is 1. The Kier molecular flexibility index (Phi) is 4.10. The number of amides is 1. The second-order valence-corrected chi connectivity index (χ2v) is 5.37. The molecule has 0 spiro atoms. The van der Waals surface area contributed by atoms with Crippen LogP contribution in [0.1, 0.15) is 43.9 Å². The van der Waals surface area contributed by atoms with Gasteiger partial charge in [0.1, 0.15) is 5.75 Å². The summed E-state index contributed by atoms with van der Waals surface area (Å²) in [6, 6.07) is 6.12. The van der Waals surface area contributed by atoms with Crippen molar-refractivity contribution in [3.05, 3.63) is 29.3 Å². The molecule has 0 aromatic heterocycles. The number of hydrogen-bond donors (Lipinski definition) is 2. The van der Waals surface area contributed by atoms with Crippen LogP contribution in [-0.2, 0) is 4.79 Å². The quantitative estimate of drug-likeness (QED) is 0.853. The molecular weight excluding hydrogens is 240 g/mol. The molecular formula is C15H22N2O2. The average molecular weight is 262 g/mol. The predicted octanol–water partition coefficient (Wildman–Crippen LogP) is 2.06. The molecule has 0 bridgehead atoms.